The molecule has 1 aliphatic heterocycles. The van der Waals surface area contributed by atoms with Gasteiger partial charge < -0.3 is 5.73 Å². The second kappa shape index (κ2) is 5.60. The van der Waals surface area contributed by atoms with E-state index in [1.165, 1.54) is 5.56 Å². The number of halogens is 1. The standard InChI is InChI=1S/C15H23ClN2/c1-10-11(2)18(8-7-15(10)17)12(3)13-5-4-6-14(16)9-13/h4-6,9-12,15H,7-8,17H2,1-3H3. The van der Waals surface area contributed by atoms with Gasteiger partial charge in [0.1, 0.15) is 0 Å². The molecule has 1 aliphatic rings. The van der Waals surface area contributed by atoms with Crippen molar-refractivity contribution in [2.24, 2.45) is 11.7 Å². The van der Waals surface area contributed by atoms with Gasteiger partial charge >= 0.3 is 0 Å². The summed E-state index contributed by atoms with van der Waals surface area (Å²) in [4.78, 5) is 2.54. The smallest absolute Gasteiger partial charge is 0.0409 e. The number of benzene rings is 1. The minimum absolute atomic E-state index is 0.336. The Morgan fingerprint density at radius 1 is 1.39 bits per heavy atom. The van der Waals surface area contributed by atoms with Crippen molar-refractivity contribution in [2.45, 2.75) is 45.3 Å². The van der Waals surface area contributed by atoms with Crippen LogP contribution in [0.3, 0.4) is 0 Å². The third-order valence-corrected chi connectivity index (χ3v) is 4.74. The number of likely N-dealkylation sites (tertiary alicyclic amines) is 1. The number of hydrogen-bond acceptors (Lipinski definition) is 2. The first-order chi connectivity index (χ1) is 8.50. The van der Waals surface area contributed by atoms with Gasteiger partial charge in [-0.15, -0.1) is 0 Å². The summed E-state index contributed by atoms with van der Waals surface area (Å²) in [6, 6.07) is 9.42. The number of rotatable bonds is 2. The normalized spacial score (nSPS) is 31.3. The molecule has 100 valence electrons. The van der Waals surface area contributed by atoms with Crippen LogP contribution in [0.25, 0.3) is 0 Å². The summed E-state index contributed by atoms with van der Waals surface area (Å²) < 4.78 is 0. The Labute approximate surface area is 115 Å². The first-order valence-corrected chi connectivity index (χ1v) is 7.15. The average molecular weight is 267 g/mol. The predicted octanol–water partition coefficient (Wildman–Crippen LogP) is 3.46. The molecule has 1 fully saturated rings. The van der Waals surface area contributed by atoms with Gasteiger partial charge in [-0.3, -0.25) is 4.90 Å². The van der Waals surface area contributed by atoms with Gasteiger partial charge in [-0.05, 0) is 43.9 Å². The highest BCUT2D eigenvalue weighted by Gasteiger charge is 2.33. The Balaban J connectivity index is 2.16. The summed E-state index contributed by atoms with van der Waals surface area (Å²) in [6.07, 6.45) is 1.08. The quantitative estimate of drug-likeness (QED) is 0.888. The number of hydrogen-bond donors (Lipinski definition) is 1. The summed E-state index contributed by atoms with van der Waals surface area (Å²) in [7, 11) is 0. The van der Waals surface area contributed by atoms with Crippen LogP contribution >= 0.6 is 11.6 Å². The maximum atomic E-state index is 6.15. The van der Waals surface area contributed by atoms with E-state index in [9.17, 15) is 0 Å². The molecule has 0 bridgehead atoms. The van der Waals surface area contributed by atoms with Gasteiger partial charge in [-0.1, -0.05) is 30.7 Å². The van der Waals surface area contributed by atoms with Gasteiger partial charge in [0.2, 0.25) is 0 Å². The number of nitrogens with two attached hydrogens (primary N) is 1. The minimum Gasteiger partial charge on any atom is -0.327 e. The van der Waals surface area contributed by atoms with E-state index >= 15 is 0 Å². The fraction of sp³-hybridized carbons (Fsp3) is 0.600. The maximum Gasteiger partial charge on any atom is 0.0409 e. The Hall–Kier alpha value is -0.570. The molecule has 4 atom stereocenters. The molecule has 0 amide bonds. The lowest BCUT2D eigenvalue weighted by molar-refractivity contribution is 0.0627. The molecule has 2 rings (SSSR count). The van der Waals surface area contributed by atoms with E-state index in [4.69, 9.17) is 17.3 Å². The molecular formula is C15H23ClN2. The Morgan fingerprint density at radius 3 is 2.78 bits per heavy atom. The second-order valence-corrected chi connectivity index (χ2v) is 5.96. The van der Waals surface area contributed by atoms with Crippen LogP contribution in [0, 0.1) is 5.92 Å². The van der Waals surface area contributed by atoms with Crippen molar-refractivity contribution in [1.82, 2.24) is 4.90 Å². The molecule has 0 aromatic heterocycles. The average Bonchev–Trinajstić information content (AvgIpc) is 2.35. The van der Waals surface area contributed by atoms with Gasteiger partial charge in [-0.25, -0.2) is 0 Å². The first kappa shape index (κ1) is 13.9. The van der Waals surface area contributed by atoms with Crippen LogP contribution in [0.15, 0.2) is 24.3 Å². The van der Waals surface area contributed by atoms with Gasteiger partial charge in [0.15, 0.2) is 0 Å². The fourth-order valence-electron chi connectivity index (χ4n) is 2.93. The van der Waals surface area contributed by atoms with Crippen molar-refractivity contribution < 1.29 is 0 Å². The third-order valence-electron chi connectivity index (χ3n) is 4.51. The zero-order valence-corrected chi connectivity index (χ0v) is 12.2. The minimum atomic E-state index is 0.336. The van der Waals surface area contributed by atoms with E-state index in [2.05, 4.69) is 37.8 Å². The van der Waals surface area contributed by atoms with Crippen LogP contribution in [0.5, 0.6) is 0 Å². The first-order valence-electron chi connectivity index (χ1n) is 6.77. The van der Waals surface area contributed by atoms with E-state index < -0.39 is 0 Å². The molecule has 1 saturated heterocycles. The third kappa shape index (κ3) is 2.71. The zero-order valence-electron chi connectivity index (χ0n) is 11.4. The predicted molar refractivity (Wildman–Crippen MR) is 77.8 cm³/mol. The number of piperidine rings is 1. The molecule has 1 aromatic carbocycles. The molecule has 0 aliphatic carbocycles. The molecule has 0 saturated carbocycles. The summed E-state index contributed by atoms with van der Waals surface area (Å²) >= 11 is 6.08. The van der Waals surface area contributed by atoms with Gasteiger partial charge in [-0.2, -0.15) is 0 Å². The molecule has 3 heteroatoms. The molecular weight excluding hydrogens is 244 g/mol. The molecule has 2 N–H and O–H groups in total. The van der Waals surface area contributed by atoms with Crippen LogP contribution in [0.4, 0.5) is 0 Å². The lowest BCUT2D eigenvalue weighted by atomic mass is 9.86. The van der Waals surface area contributed by atoms with E-state index in [0.29, 0.717) is 24.0 Å². The maximum absolute atomic E-state index is 6.15. The lowest BCUT2D eigenvalue weighted by Crippen LogP contribution is -2.52. The van der Waals surface area contributed by atoms with E-state index in [0.717, 1.165) is 18.0 Å². The van der Waals surface area contributed by atoms with Crippen molar-refractivity contribution in [2.75, 3.05) is 6.54 Å². The summed E-state index contributed by atoms with van der Waals surface area (Å²) in [5.41, 5.74) is 7.43. The van der Waals surface area contributed by atoms with Gasteiger partial charge in [0.25, 0.3) is 0 Å². The molecule has 4 unspecified atom stereocenters. The monoisotopic (exact) mass is 266 g/mol. The highest BCUT2D eigenvalue weighted by molar-refractivity contribution is 6.30. The molecule has 1 aromatic rings. The van der Waals surface area contributed by atoms with E-state index in [-0.39, 0.29) is 0 Å². The Morgan fingerprint density at radius 2 is 2.11 bits per heavy atom. The van der Waals surface area contributed by atoms with Gasteiger partial charge in [0, 0.05) is 29.7 Å². The van der Waals surface area contributed by atoms with Crippen molar-refractivity contribution in [3.05, 3.63) is 34.9 Å². The number of nitrogens with zero attached hydrogens (tertiary/aromatic N) is 1. The second-order valence-electron chi connectivity index (χ2n) is 5.52. The summed E-state index contributed by atoms with van der Waals surface area (Å²) in [5, 5.41) is 0.814. The molecule has 0 radical (unpaired) electrons. The van der Waals surface area contributed by atoms with Crippen molar-refractivity contribution >= 4 is 11.6 Å². The summed E-state index contributed by atoms with van der Waals surface area (Å²) in [6.45, 7) is 7.86. The molecule has 1 heterocycles. The topological polar surface area (TPSA) is 29.3 Å². The van der Waals surface area contributed by atoms with Crippen LogP contribution < -0.4 is 5.73 Å². The lowest BCUT2D eigenvalue weighted by Gasteiger charge is -2.44. The molecule has 0 spiro atoms. The largest absolute Gasteiger partial charge is 0.327 e. The van der Waals surface area contributed by atoms with E-state index in [1.54, 1.807) is 0 Å². The van der Waals surface area contributed by atoms with E-state index in [1.807, 2.05) is 12.1 Å². The SMILES string of the molecule is CC1C(N)CCN(C(C)c2cccc(Cl)c2)C1C. The molecule has 2 nitrogen and oxygen atoms in total. The Bertz CT molecular complexity index is 407. The van der Waals surface area contributed by atoms with Crippen LogP contribution in [0.1, 0.15) is 38.8 Å². The van der Waals surface area contributed by atoms with Crippen LogP contribution in [0.2, 0.25) is 5.02 Å². The highest BCUT2D eigenvalue weighted by atomic mass is 35.5. The zero-order chi connectivity index (χ0) is 13.3. The molecule has 18 heavy (non-hydrogen) atoms. The Kier molecular flexibility index (Phi) is 4.31. The highest BCUT2D eigenvalue weighted by Crippen LogP contribution is 2.31. The van der Waals surface area contributed by atoms with Gasteiger partial charge in [0.05, 0.1) is 0 Å². The van der Waals surface area contributed by atoms with Crippen molar-refractivity contribution in [3.8, 4) is 0 Å². The van der Waals surface area contributed by atoms with Crippen LogP contribution in [-0.2, 0) is 0 Å². The van der Waals surface area contributed by atoms with Crippen molar-refractivity contribution in [1.29, 1.82) is 0 Å². The summed E-state index contributed by atoms with van der Waals surface area (Å²) in [5.74, 6) is 0.542. The fourth-order valence-corrected chi connectivity index (χ4v) is 3.13. The van der Waals surface area contributed by atoms with Crippen molar-refractivity contribution in [3.63, 3.8) is 0 Å². The van der Waals surface area contributed by atoms with Crippen LogP contribution in [-0.4, -0.2) is 23.5 Å².